The number of benzene rings is 2. The second kappa shape index (κ2) is 7.37. The topological polar surface area (TPSA) is 110 Å². The molecule has 4 rings (SSSR count). The molecule has 2 aromatic carbocycles. The van der Waals surface area contributed by atoms with Crippen molar-refractivity contribution in [2.75, 3.05) is 12.8 Å². The number of nitrogen functional groups attached to an aromatic ring is 1. The highest BCUT2D eigenvalue weighted by molar-refractivity contribution is 5.80. The zero-order valence-electron chi connectivity index (χ0n) is 15.6. The Morgan fingerprint density at radius 1 is 1.10 bits per heavy atom. The average molecular weight is 383 g/mol. The lowest BCUT2D eigenvalue weighted by Crippen LogP contribution is -1.99. The number of nitrogens with zero attached hydrogens (tertiary/aromatic N) is 4. The Kier molecular flexibility index (Phi) is 4.59. The summed E-state index contributed by atoms with van der Waals surface area (Å²) in [4.78, 5) is 4.38. The maximum atomic E-state index is 9.81. The van der Waals surface area contributed by atoms with E-state index < -0.39 is 0 Å². The van der Waals surface area contributed by atoms with Gasteiger partial charge in [0.25, 0.3) is 0 Å². The van der Waals surface area contributed by atoms with Gasteiger partial charge in [-0.15, -0.1) is 0 Å². The molecule has 0 bridgehead atoms. The molecule has 2 aromatic heterocycles. The van der Waals surface area contributed by atoms with Crippen molar-refractivity contribution in [3.05, 3.63) is 72.6 Å². The zero-order chi connectivity index (χ0) is 20.4. The third kappa shape index (κ3) is 3.47. The summed E-state index contributed by atoms with van der Waals surface area (Å²) in [6.45, 7) is 0. The van der Waals surface area contributed by atoms with Crippen LogP contribution in [0.15, 0.2) is 67.0 Å². The molecule has 7 nitrogen and oxygen atoms in total. The fourth-order valence-corrected chi connectivity index (χ4v) is 3.06. The summed E-state index contributed by atoms with van der Waals surface area (Å²) >= 11 is 0. The van der Waals surface area contributed by atoms with Crippen LogP contribution < -0.4 is 10.5 Å². The summed E-state index contributed by atoms with van der Waals surface area (Å²) in [5, 5.41) is 23.7. The third-order valence-corrected chi connectivity index (χ3v) is 4.53. The van der Waals surface area contributed by atoms with E-state index in [4.69, 9.17) is 10.5 Å². The first-order valence-electron chi connectivity index (χ1n) is 8.78. The van der Waals surface area contributed by atoms with E-state index in [0.29, 0.717) is 16.8 Å². The van der Waals surface area contributed by atoms with Gasteiger partial charge in [0.15, 0.2) is 0 Å². The summed E-state index contributed by atoms with van der Waals surface area (Å²) in [6, 6.07) is 18.1. The number of rotatable bonds is 4. The van der Waals surface area contributed by atoms with Crippen molar-refractivity contribution in [2.45, 2.75) is 0 Å². The predicted molar refractivity (Wildman–Crippen MR) is 110 cm³/mol. The molecule has 0 radical (unpaired) electrons. The quantitative estimate of drug-likeness (QED) is 0.555. The number of aromatic nitrogens is 3. The van der Waals surface area contributed by atoms with Crippen LogP contribution in [-0.4, -0.2) is 27.0 Å². The average Bonchev–Trinajstić information content (AvgIpc) is 3.23. The number of nitrogens with two attached hydrogens (primary N) is 1. The first kappa shape index (κ1) is 18.1. The summed E-state index contributed by atoms with van der Waals surface area (Å²) in [6.07, 6.45) is 3.52. The monoisotopic (exact) mass is 383 g/mol. The van der Waals surface area contributed by atoms with Crippen LogP contribution in [0.3, 0.4) is 0 Å². The molecular weight excluding hydrogens is 366 g/mol. The van der Waals surface area contributed by atoms with Gasteiger partial charge >= 0.3 is 0 Å². The molecule has 2 heterocycles. The highest BCUT2D eigenvalue weighted by Crippen LogP contribution is 2.32. The van der Waals surface area contributed by atoms with Gasteiger partial charge in [-0.3, -0.25) is 0 Å². The standard InChI is InChI=1S/C22H17N5O2/c1-29-18-7-5-16(6-8-18)27-13-15(12-25-27)21-10-19(20(11-23)22(24)26-21)14-3-2-4-17(28)9-14/h2-10,12-13,28H,1H3,(H2,24,26). The number of anilines is 1. The Morgan fingerprint density at radius 2 is 1.90 bits per heavy atom. The van der Waals surface area contributed by atoms with Gasteiger partial charge in [-0.1, -0.05) is 12.1 Å². The van der Waals surface area contributed by atoms with Crippen molar-refractivity contribution in [1.82, 2.24) is 14.8 Å². The van der Waals surface area contributed by atoms with Gasteiger partial charge in [-0.25, -0.2) is 9.67 Å². The van der Waals surface area contributed by atoms with Crippen molar-refractivity contribution in [1.29, 1.82) is 5.26 Å². The number of ether oxygens (including phenoxy) is 1. The van der Waals surface area contributed by atoms with E-state index in [2.05, 4.69) is 16.2 Å². The van der Waals surface area contributed by atoms with Crippen molar-refractivity contribution in [3.8, 4) is 45.6 Å². The number of aromatic hydroxyl groups is 1. The molecule has 0 aliphatic carbocycles. The predicted octanol–water partition coefficient (Wildman–Crippen LogP) is 3.77. The number of methoxy groups -OCH3 is 1. The summed E-state index contributed by atoms with van der Waals surface area (Å²) in [5.41, 5.74) is 9.80. The SMILES string of the molecule is COc1ccc(-n2cc(-c3cc(-c4cccc(O)c4)c(C#N)c(N)n3)cn2)cc1. The number of nitriles is 1. The van der Waals surface area contributed by atoms with Crippen molar-refractivity contribution < 1.29 is 9.84 Å². The second-order valence-corrected chi connectivity index (χ2v) is 6.35. The maximum Gasteiger partial charge on any atom is 0.142 e. The first-order chi connectivity index (χ1) is 14.1. The number of hydrogen-bond donors (Lipinski definition) is 2. The summed E-state index contributed by atoms with van der Waals surface area (Å²) in [7, 11) is 1.62. The van der Waals surface area contributed by atoms with Gasteiger partial charge in [0.1, 0.15) is 28.9 Å². The van der Waals surface area contributed by atoms with E-state index >= 15 is 0 Å². The van der Waals surface area contributed by atoms with E-state index in [1.807, 2.05) is 30.5 Å². The Bertz CT molecular complexity index is 1220. The minimum absolute atomic E-state index is 0.107. The Labute approximate surface area is 167 Å². The van der Waals surface area contributed by atoms with Crippen LogP contribution in [0.25, 0.3) is 28.1 Å². The van der Waals surface area contributed by atoms with Gasteiger partial charge in [0, 0.05) is 17.3 Å². The lowest BCUT2D eigenvalue weighted by Gasteiger charge is -2.09. The van der Waals surface area contributed by atoms with Crippen LogP contribution in [0.1, 0.15) is 5.56 Å². The highest BCUT2D eigenvalue weighted by atomic mass is 16.5. The third-order valence-electron chi connectivity index (χ3n) is 4.53. The van der Waals surface area contributed by atoms with Gasteiger partial charge < -0.3 is 15.6 Å². The highest BCUT2D eigenvalue weighted by Gasteiger charge is 2.15. The molecule has 0 unspecified atom stereocenters. The van der Waals surface area contributed by atoms with Gasteiger partial charge in [-0.05, 0) is 48.0 Å². The molecule has 142 valence electrons. The number of hydrogen-bond acceptors (Lipinski definition) is 6. The van der Waals surface area contributed by atoms with Gasteiger partial charge in [0.2, 0.25) is 0 Å². The van der Waals surface area contributed by atoms with Gasteiger partial charge in [0.05, 0.1) is 24.7 Å². The maximum absolute atomic E-state index is 9.81. The molecule has 0 amide bonds. The molecule has 0 fully saturated rings. The lowest BCUT2D eigenvalue weighted by molar-refractivity contribution is 0.414. The van der Waals surface area contributed by atoms with E-state index in [0.717, 1.165) is 17.0 Å². The van der Waals surface area contributed by atoms with Crippen LogP contribution >= 0.6 is 0 Å². The minimum atomic E-state index is 0.107. The van der Waals surface area contributed by atoms with Crippen LogP contribution in [-0.2, 0) is 0 Å². The Hall–Kier alpha value is -4.31. The minimum Gasteiger partial charge on any atom is -0.508 e. The number of phenols is 1. The number of pyridine rings is 1. The van der Waals surface area contributed by atoms with Gasteiger partial charge in [-0.2, -0.15) is 10.4 Å². The molecule has 3 N–H and O–H groups in total. The fraction of sp³-hybridized carbons (Fsp3) is 0.0455. The molecule has 0 spiro atoms. The van der Waals surface area contributed by atoms with Crippen molar-refractivity contribution in [3.63, 3.8) is 0 Å². The largest absolute Gasteiger partial charge is 0.508 e. The normalized spacial score (nSPS) is 10.5. The number of phenolic OH excluding ortho intramolecular Hbond substituents is 1. The molecule has 0 aliphatic heterocycles. The van der Waals surface area contributed by atoms with E-state index in [9.17, 15) is 10.4 Å². The van der Waals surface area contributed by atoms with Crippen molar-refractivity contribution in [2.24, 2.45) is 0 Å². The molecule has 0 aliphatic rings. The van der Waals surface area contributed by atoms with Crippen LogP contribution in [0, 0.1) is 11.3 Å². The van der Waals surface area contributed by atoms with Crippen LogP contribution in [0.5, 0.6) is 11.5 Å². The van der Waals surface area contributed by atoms with Crippen LogP contribution in [0.2, 0.25) is 0 Å². The summed E-state index contributed by atoms with van der Waals surface area (Å²) in [5.74, 6) is 0.995. The lowest BCUT2D eigenvalue weighted by atomic mass is 9.99. The molecular formula is C22H17N5O2. The van der Waals surface area contributed by atoms with E-state index in [-0.39, 0.29) is 17.1 Å². The van der Waals surface area contributed by atoms with E-state index in [1.54, 1.807) is 48.3 Å². The fourth-order valence-electron chi connectivity index (χ4n) is 3.06. The Balaban J connectivity index is 1.78. The van der Waals surface area contributed by atoms with E-state index in [1.165, 1.54) is 0 Å². The molecule has 4 aromatic rings. The molecule has 0 saturated carbocycles. The second-order valence-electron chi connectivity index (χ2n) is 6.35. The Morgan fingerprint density at radius 3 is 2.59 bits per heavy atom. The summed E-state index contributed by atoms with van der Waals surface area (Å²) < 4.78 is 6.90. The molecule has 29 heavy (non-hydrogen) atoms. The smallest absolute Gasteiger partial charge is 0.142 e. The molecule has 7 heteroatoms. The zero-order valence-corrected chi connectivity index (χ0v) is 15.6. The van der Waals surface area contributed by atoms with Crippen molar-refractivity contribution >= 4 is 5.82 Å². The molecule has 0 atom stereocenters. The molecule has 0 saturated heterocycles. The first-order valence-corrected chi connectivity index (χ1v) is 8.78. The van der Waals surface area contributed by atoms with Crippen LogP contribution in [0.4, 0.5) is 5.82 Å².